The number of halogens is 2. The molecule has 1 nitrogen and oxygen atoms in total. The minimum absolute atomic E-state index is 0.601. The van der Waals surface area contributed by atoms with Crippen LogP contribution in [0.4, 0.5) is 0 Å². The third kappa shape index (κ3) is 3.85. The van der Waals surface area contributed by atoms with Gasteiger partial charge in [-0.2, -0.15) is 0 Å². The fourth-order valence-corrected chi connectivity index (χ4v) is 2.67. The minimum Gasteiger partial charge on any atom is -0.384 e. The number of aliphatic hydroxyl groups excluding tert-OH is 1. The van der Waals surface area contributed by atoms with Gasteiger partial charge in [0.1, 0.15) is 6.10 Å². The van der Waals surface area contributed by atoms with Crippen molar-refractivity contribution in [1.29, 1.82) is 0 Å². The third-order valence-corrected chi connectivity index (χ3v) is 4.40. The molecule has 0 aromatic heterocycles. The van der Waals surface area contributed by atoms with Gasteiger partial charge in [-0.25, -0.2) is 0 Å². The zero-order chi connectivity index (χ0) is 14.7. The van der Waals surface area contributed by atoms with Crippen LogP contribution in [0, 0.1) is 5.92 Å². The Kier molecular flexibility index (Phi) is 5.25. The van der Waals surface area contributed by atoms with Crippen molar-refractivity contribution in [1.82, 2.24) is 0 Å². The summed E-state index contributed by atoms with van der Waals surface area (Å²) < 4.78 is 0.837. The maximum absolute atomic E-state index is 10.5. The predicted octanol–water partition coefficient (Wildman–Crippen LogP) is 5.38. The molecule has 0 bridgehead atoms. The lowest BCUT2D eigenvalue weighted by Gasteiger charge is -2.14. The SMILES string of the molecule is CC(C)Cc1cccc(C(O)c2ccc(Br)c(Cl)c2)c1. The molecule has 2 rings (SSSR count). The Morgan fingerprint density at radius 2 is 1.80 bits per heavy atom. The van der Waals surface area contributed by atoms with Gasteiger partial charge in [0.05, 0.1) is 5.02 Å². The third-order valence-electron chi connectivity index (χ3n) is 3.17. The van der Waals surface area contributed by atoms with Gasteiger partial charge in [0.15, 0.2) is 0 Å². The molecule has 1 unspecified atom stereocenters. The summed E-state index contributed by atoms with van der Waals surface area (Å²) in [5, 5.41) is 11.1. The van der Waals surface area contributed by atoms with E-state index in [2.05, 4.69) is 41.9 Å². The monoisotopic (exact) mass is 352 g/mol. The lowest BCUT2D eigenvalue weighted by Crippen LogP contribution is -2.02. The lowest BCUT2D eigenvalue weighted by atomic mass is 9.96. The van der Waals surface area contributed by atoms with Crippen LogP contribution in [0.15, 0.2) is 46.9 Å². The molecule has 0 heterocycles. The van der Waals surface area contributed by atoms with Crippen molar-refractivity contribution in [3.63, 3.8) is 0 Å². The standard InChI is InChI=1S/C17H18BrClO/c1-11(2)8-12-4-3-5-13(9-12)17(20)14-6-7-15(18)16(19)10-14/h3-7,9-11,17,20H,8H2,1-2H3. The molecule has 106 valence electrons. The second kappa shape index (κ2) is 6.75. The van der Waals surface area contributed by atoms with Gasteiger partial charge in [-0.05, 0) is 57.1 Å². The highest BCUT2D eigenvalue weighted by molar-refractivity contribution is 9.10. The Bertz CT molecular complexity index is 595. The smallest absolute Gasteiger partial charge is 0.104 e. The molecule has 0 aliphatic carbocycles. The van der Waals surface area contributed by atoms with Crippen molar-refractivity contribution >= 4 is 27.5 Å². The second-order valence-corrected chi connectivity index (χ2v) is 6.68. The topological polar surface area (TPSA) is 20.2 Å². The maximum Gasteiger partial charge on any atom is 0.104 e. The molecule has 0 spiro atoms. The van der Waals surface area contributed by atoms with Crippen LogP contribution in [0.5, 0.6) is 0 Å². The van der Waals surface area contributed by atoms with Crippen LogP contribution in [0.25, 0.3) is 0 Å². The first kappa shape index (κ1) is 15.6. The van der Waals surface area contributed by atoms with E-state index in [-0.39, 0.29) is 0 Å². The normalized spacial score (nSPS) is 12.7. The van der Waals surface area contributed by atoms with Crippen LogP contribution in [0.3, 0.4) is 0 Å². The molecule has 0 fully saturated rings. The molecular formula is C17H18BrClO. The van der Waals surface area contributed by atoms with Crippen LogP contribution in [0.2, 0.25) is 5.02 Å². The molecule has 20 heavy (non-hydrogen) atoms. The average Bonchev–Trinajstić information content (AvgIpc) is 2.40. The van der Waals surface area contributed by atoms with Gasteiger partial charge in [0.2, 0.25) is 0 Å². The van der Waals surface area contributed by atoms with E-state index in [0.29, 0.717) is 10.9 Å². The van der Waals surface area contributed by atoms with Gasteiger partial charge < -0.3 is 5.11 Å². The van der Waals surface area contributed by atoms with E-state index in [1.807, 2.05) is 24.3 Å². The summed E-state index contributed by atoms with van der Waals surface area (Å²) in [6.45, 7) is 4.38. The molecule has 0 aliphatic rings. The Hall–Kier alpha value is -0.830. The maximum atomic E-state index is 10.5. The van der Waals surface area contributed by atoms with Gasteiger partial charge in [-0.1, -0.05) is 55.8 Å². The first-order valence-corrected chi connectivity index (χ1v) is 7.86. The van der Waals surface area contributed by atoms with E-state index in [1.54, 1.807) is 6.07 Å². The van der Waals surface area contributed by atoms with Crippen LogP contribution in [0.1, 0.15) is 36.6 Å². The minimum atomic E-state index is -0.646. The fraction of sp³-hybridized carbons (Fsp3) is 0.294. The van der Waals surface area contributed by atoms with Gasteiger partial charge in [0.25, 0.3) is 0 Å². The van der Waals surface area contributed by atoms with Crippen molar-refractivity contribution in [2.45, 2.75) is 26.4 Å². The van der Waals surface area contributed by atoms with E-state index in [4.69, 9.17) is 11.6 Å². The highest BCUT2D eigenvalue weighted by Crippen LogP contribution is 2.29. The second-order valence-electron chi connectivity index (χ2n) is 5.42. The van der Waals surface area contributed by atoms with E-state index >= 15 is 0 Å². The Morgan fingerprint density at radius 3 is 2.45 bits per heavy atom. The van der Waals surface area contributed by atoms with Crippen molar-refractivity contribution in [2.24, 2.45) is 5.92 Å². The average molecular weight is 354 g/mol. The van der Waals surface area contributed by atoms with Crippen LogP contribution in [-0.2, 0) is 6.42 Å². The zero-order valence-corrected chi connectivity index (χ0v) is 13.9. The highest BCUT2D eigenvalue weighted by Gasteiger charge is 2.12. The van der Waals surface area contributed by atoms with Crippen molar-refractivity contribution in [3.8, 4) is 0 Å². The summed E-state index contributed by atoms with van der Waals surface area (Å²) in [6, 6.07) is 13.7. The van der Waals surface area contributed by atoms with Gasteiger partial charge in [0, 0.05) is 4.47 Å². The molecule has 2 aromatic carbocycles. The summed E-state index contributed by atoms with van der Waals surface area (Å²) in [5.74, 6) is 0.601. The van der Waals surface area contributed by atoms with Crippen molar-refractivity contribution in [3.05, 3.63) is 68.7 Å². The first-order valence-electron chi connectivity index (χ1n) is 6.69. The summed E-state index contributed by atoms with van der Waals surface area (Å²) in [6.07, 6.45) is 0.370. The number of rotatable bonds is 4. The molecule has 0 aliphatic heterocycles. The quantitative estimate of drug-likeness (QED) is 0.782. The number of hydrogen-bond acceptors (Lipinski definition) is 1. The van der Waals surface area contributed by atoms with Crippen LogP contribution < -0.4 is 0 Å². The van der Waals surface area contributed by atoms with E-state index in [9.17, 15) is 5.11 Å². The molecule has 0 radical (unpaired) electrons. The van der Waals surface area contributed by atoms with E-state index < -0.39 is 6.10 Å². The Morgan fingerprint density at radius 1 is 1.10 bits per heavy atom. The predicted molar refractivity (Wildman–Crippen MR) is 88.2 cm³/mol. The molecular weight excluding hydrogens is 336 g/mol. The largest absolute Gasteiger partial charge is 0.384 e. The summed E-state index contributed by atoms with van der Waals surface area (Å²) in [5.41, 5.74) is 2.96. The zero-order valence-electron chi connectivity index (χ0n) is 11.6. The molecule has 0 amide bonds. The molecule has 1 N–H and O–H groups in total. The van der Waals surface area contributed by atoms with Gasteiger partial charge in [-0.3, -0.25) is 0 Å². The summed E-state index contributed by atoms with van der Waals surface area (Å²) in [7, 11) is 0. The molecule has 3 heteroatoms. The Labute approximate surface area is 133 Å². The van der Waals surface area contributed by atoms with E-state index in [0.717, 1.165) is 22.0 Å². The van der Waals surface area contributed by atoms with E-state index in [1.165, 1.54) is 5.56 Å². The molecule has 2 aromatic rings. The number of benzene rings is 2. The van der Waals surface area contributed by atoms with Gasteiger partial charge >= 0.3 is 0 Å². The van der Waals surface area contributed by atoms with Crippen LogP contribution >= 0.6 is 27.5 Å². The number of hydrogen-bond donors (Lipinski definition) is 1. The Balaban J connectivity index is 2.28. The van der Waals surface area contributed by atoms with Gasteiger partial charge in [-0.15, -0.1) is 0 Å². The van der Waals surface area contributed by atoms with Crippen LogP contribution in [-0.4, -0.2) is 5.11 Å². The number of aliphatic hydroxyl groups is 1. The highest BCUT2D eigenvalue weighted by atomic mass is 79.9. The van der Waals surface area contributed by atoms with Crippen molar-refractivity contribution < 1.29 is 5.11 Å². The first-order chi connectivity index (χ1) is 9.47. The molecule has 1 atom stereocenters. The molecule has 0 saturated heterocycles. The van der Waals surface area contributed by atoms with Crippen molar-refractivity contribution in [2.75, 3.05) is 0 Å². The lowest BCUT2D eigenvalue weighted by molar-refractivity contribution is 0.220. The fourth-order valence-electron chi connectivity index (χ4n) is 2.24. The molecule has 0 saturated carbocycles. The summed E-state index contributed by atoms with van der Waals surface area (Å²) in [4.78, 5) is 0. The summed E-state index contributed by atoms with van der Waals surface area (Å²) >= 11 is 9.45.